The van der Waals surface area contributed by atoms with Gasteiger partial charge in [0.1, 0.15) is 0 Å². The molecule has 0 aliphatic heterocycles. The minimum Gasteiger partial charge on any atom is -0.208 e. The molecule has 8 nitrogen and oxygen atoms in total. The van der Waals surface area contributed by atoms with Crippen LogP contribution in [0.25, 0.3) is 22.5 Å². The second-order valence-electron chi connectivity index (χ2n) is 13.8. The van der Waals surface area contributed by atoms with Crippen LogP contribution < -0.4 is 0 Å². The minimum absolute atomic E-state index is 0.337. The third kappa shape index (κ3) is 11.4. The van der Waals surface area contributed by atoms with Crippen molar-refractivity contribution in [2.24, 2.45) is 20.4 Å². The first-order valence-electron chi connectivity index (χ1n) is 19.7. The van der Waals surface area contributed by atoms with Gasteiger partial charge in [0.15, 0.2) is 0 Å². The molecular weight excluding hydrogens is 665 g/mol. The fourth-order valence-electron chi connectivity index (χ4n) is 6.28. The Bertz CT molecular complexity index is 1920. The zero-order valence-electron chi connectivity index (χ0n) is 31.8. The number of rotatable bonds is 20. The summed E-state index contributed by atoms with van der Waals surface area (Å²) >= 11 is 0. The Labute approximate surface area is 320 Å². The standard InChI is InChI=1S/C46H52N8/c1-3-5-7-9-13-19-37-25-29-41(30-26-37)43-35-53(47-33-39-21-15-11-16-22-39)45(49-43)51-52-46-50-44(36-54(46)48-34-40-23-17-12-18-24-40)42-31-27-38(28-32-42)20-14-10-8-6-4-2/h11-12,15-18,21-36H,3-10,13-14,19-20H2,1-2H3/b47-33-,48-34-,52-51?. The number of hydrogen-bond acceptors (Lipinski definition) is 6. The van der Waals surface area contributed by atoms with Crippen molar-refractivity contribution >= 4 is 24.3 Å². The Morgan fingerprint density at radius 1 is 0.463 bits per heavy atom. The van der Waals surface area contributed by atoms with E-state index in [9.17, 15) is 0 Å². The van der Waals surface area contributed by atoms with Gasteiger partial charge in [0, 0.05) is 11.1 Å². The predicted octanol–water partition coefficient (Wildman–Crippen LogP) is 12.6. The van der Waals surface area contributed by atoms with E-state index in [1.807, 2.05) is 73.1 Å². The number of benzene rings is 4. The molecule has 0 bridgehead atoms. The fourth-order valence-corrected chi connectivity index (χ4v) is 6.28. The van der Waals surface area contributed by atoms with Crippen LogP contribution in [0.2, 0.25) is 0 Å². The van der Waals surface area contributed by atoms with E-state index in [1.54, 1.807) is 21.8 Å². The van der Waals surface area contributed by atoms with E-state index in [1.165, 1.54) is 75.3 Å². The SMILES string of the molecule is CCCCCCCc1ccc(-c2cn(/N=C\c3ccccc3)c(N=Nc3nc(-c4ccc(CCCCCCC)cc4)cn3/N=C\c3ccccc3)n2)cc1. The molecule has 276 valence electrons. The number of aryl methyl sites for hydroxylation is 2. The van der Waals surface area contributed by atoms with Gasteiger partial charge in [0.2, 0.25) is 0 Å². The van der Waals surface area contributed by atoms with Gasteiger partial charge < -0.3 is 0 Å². The summed E-state index contributed by atoms with van der Waals surface area (Å²) in [6, 6.07) is 37.3. The van der Waals surface area contributed by atoms with Crippen LogP contribution in [0.4, 0.5) is 11.9 Å². The molecule has 0 fully saturated rings. The maximum Gasteiger partial charge on any atom is 0.270 e. The Kier molecular flexibility index (Phi) is 14.4. The molecule has 0 aliphatic carbocycles. The van der Waals surface area contributed by atoms with Crippen molar-refractivity contribution in [2.45, 2.75) is 90.9 Å². The Morgan fingerprint density at radius 3 is 1.24 bits per heavy atom. The van der Waals surface area contributed by atoms with Crippen LogP contribution in [-0.4, -0.2) is 31.7 Å². The summed E-state index contributed by atoms with van der Waals surface area (Å²) in [6.07, 6.45) is 22.3. The van der Waals surface area contributed by atoms with Gasteiger partial charge in [-0.1, -0.05) is 174 Å². The van der Waals surface area contributed by atoms with Crippen molar-refractivity contribution in [3.63, 3.8) is 0 Å². The summed E-state index contributed by atoms with van der Waals surface area (Å²) in [5, 5.41) is 18.7. The molecule has 2 aromatic heterocycles. The molecule has 0 atom stereocenters. The van der Waals surface area contributed by atoms with Crippen LogP contribution >= 0.6 is 0 Å². The second kappa shape index (κ2) is 20.5. The molecule has 0 unspecified atom stereocenters. The lowest BCUT2D eigenvalue weighted by atomic mass is 10.0. The summed E-state index contributed by atoms with van der Waals surface area (Å²) in [7, 11) is 0. The summed E-state index contributed by atoms with van der Waals surface area (Å²) in [4.78, 5) is 9.77. The van der Waals surface area contributed by atoms with Crippen molar-refractivity contribution in [3.05, 3.63) is 144 Å². The lowest BCUT2D eigenvalue weighted by Gasteiger charge is -2.03. The molecule has 2 heterocycles. The molecule has 0 spiro atoms. The average Bonchev–Trinajstić information content (AvgIpc) is 3.83. The van der Waals surface area contributed by atoms with Gasteiger partial charge in [-0.15, -0.1) is 10.2 Å². The van der Waals surface area contributed by atoms with Crippen LogP contribution in [0, 0.1) is 0 Å². The largest absolute Gasteiger partial charge is 0.270 e. The molecule has 6 aromatic rings. The van der Waals surface area contributed by atoms with E-state index in [2.05, 4.69) is 72.6 Å². The smallest absolute Gasteiger partial charge is 0.208 e. The molecule has 4 aromatic carbocycles. The second-order valence-corrected chi connectivity index (χ2v) is 13.8. The Balaban J connectivity index is 1.27. The van der Waals surface area contributed by atoms with E-state index in [-0.39, 0.29) is 0 Å². The van der Waals surface area contributed by atoms with Crippen LogP contribution in [-0.2, 0) is 12.8 Å². The highest BCUT2D eigenvalue weighted by Gasteiger charge is 2.13. The van der Waals surface area contributed by atoms with E-state index in [0.717, 1.165) is 46.5 Å². The number of hydrogen-bond donors (Lipinski definition) is 0. The van der Waals surface area contributed by atoms with Crippen molar-refractivity contribution in [3.8, 4) is 22.5 Å². The van der Waals surface area contributed by atoms with Crippen molar-refractivity contribution < 1.29 is 0 Å². The zero-order chi connectivity index (χ0) is 37.2. The number of unbranched alkanes of at least 4 members (excludes halogenated alkanes) is 8. The first-order valence-corrected chi connectivity index (χ1v) is 19.7. The van der Waals surface area contributed by atoms with Crippen LogP contribution in [0.15, 0.2) is 142 Å². The van der Waals surface area contributed by atoms with Crippen LogP contribution in [0.5, 0.6) is 0 Å². The third-order valence-corrected chi connectivity index (χ3v) is 9.47. The van der Waals surface area contributed by atoms with Crippen LogP contribution in [0.3, 0.4) is 0 Å². The summed E-state index contributed by atoms with van der Waals surface area (Å²) < 4.78 is 3.33. The first-order chi connectivity index (χ1) is 26.7. The third-order valence-electron chi connectivity index (χ3n) is 9.47. The van der Waals surface area contributed by atoms with Gasteiger partial charge in [-0.3, -0.25) is 0 Å². The molecule has 0 radical (unpaired) electrons. The fraction of sp³-hybridized carbons (Fsp3) is 0.304. The molecule has 0 aliphatic rings. The number of aromatic nitrogens is 4. The maximum absolute atomic E-state index is 4.89. The molecule has 0 N–H and O–H groups in total. The molecule has 0 amide bonds. The van der Waals surface area contributed by atoms with Gasteiger partial charge in [-0.05, 0) is 47.9 Å². The van der Waals surface area contributed by atoms with Gasteiger partial charge >= 0.3 is 0 Å². The monoisotopic (exact) mass is 716 g/mol. The topological polar surface area (TPSA) is 85.1 Å². The molecule has 0 saturated carbocycles. The highest BCUT2D eigenvalue weighted by Crippen LogP contribution is 2.28. The quantitative estimate of drug-likeness (QED) is 0.0447. The molecular formula is C46H52N8. The highest BCUT2D eigenvalue weighted by atomic mass is 15.5. The van der Waals surface area contributed by atoms with Gasteiger partial charge in [0.25, 0.3) is 11.9 Å². The Morgan fingerprint density at radius 2 is 0.852 bits per heavy atom. The van der Waals surface area contributed by atoms with Crippen molar-refractivity contribution in [1.29, 1.82) is 0 Å². The summed E-state index contributed by atoms with van der Waals surface area (Å²) in [6.45, 7) is 4.51. The average molecular weight is 717 g/mol. The molecule has 6 rings (SSSR count). The number of azo groups is 1. The van der Waals surface area contributed by atoms with Crippen molar-refractivity contribution in [2.75, 3.05) is 0 Å². The van der Waals surface area contributed by atoms with E-state index in [4.69, 9.17) is 20.2 Å². The minimum atomic E-state index is 0.337. The van der Waals surface area contributed by atoms with Gasteiger partial charge in [-0.25, -0.2) is 19.3 Å². The van der Waals surface area contributed by atoms with E-state index in [0.29, 0.717) is 11.9 Å². The van der Waals surface area contributed by atoms with Crippen LogP contribution in [0.1, 0.15) is 100 Å². The predicted molar refractivity (Wildman–Crippen MR) is 223 cm³/mol. The molecule has 8 heteroatoms. The highest BCUT2D eigenvalue weighted by molar-refractivity contribution is 5.80. The van der Waals surface area contributed by atoms with E-state index >= 15 is 0 Å². The van der Waals surface area contributed by atoms with Gasteiger partial charge in [0.05, 0.1) is 36.2 Å². The Hall–Kier alpha value is -5.76. The van der Waals surface area contributed by atoms with E-state index < -0.39 is 0 Å². The summed E-state index contributed by atoms with van der Waals surface area (Å²) in [5.74, 6) is 0.673. The summed E-state index contributed by atoms with van der Waals surface area (Å²) in [5.41, 5.74) is 8.14. The normalized spacial score (nSPS) is 11.8. The molecule has 0 saturated heterocycles. The first kappa shape index (κ1) is 38.0. The maximum atomic E-state index is 4.89. The van der Waals surface area contributed by atoms with Crippen molar-refractivity contribution in [1.82, 2.24) is 19.3 Å². The zero-order valence-corrected chi connectivity index (χ0v) is 31.8. The van der Waals surface area contributed by atoms with Gasteiger partial charge in [-0.2, -0.15) is 10.2 Å². The number of imidazole rings is 2. The molecule has 54 heavy (non-hydrogen) atoms. The number of nitrogens with zero attached hydrogens (tertiary/aromatic N) is 8. The lowest BCUT2D eigenvalue weighted by Crippen LogP contribution is -1.90. The lowest BCUT2D eigenvalue weighted by molar-refractivity contribution is 0.632.